The molecule has 0 aliphatic rings. The van der Waals surface area contributed by atoms with E-state index < -0.39 is 22.5 Å². The summed E-state index contributed by atoms with van der Waals surface area (Å²) in [5.74, 6) is -0.0506. The number of sulfonamides is 1. The third kappa shape index (κ3) is 6.11. The fourth-order valence-corrected chi connectivity index (χ4v) is 4.39. The topological polar surface area (TPSA) is 108 Å². The van der Waals surface area contributed by atoms with E-state index in [-0.39, 0.29) is 10.6 Å². The highest BCUT2D eigenvalue weighted by molar-refractivity contribution is 7.92. The molecule has 0 radical (unpaired) electrons. The first-order chi connectivity index (χ1) is 15.8. The molecular weight excluding hydrogens is 442 g/mol. The number of nitrogens with one attached hydrogen (secondary N) is 1. The average Bonchev–Trinajstić information content (AvgIpc) is 2.80. The van der Waals surface area contributed by atoms with Crippen LogP contribution in [-0.4, -0.2) is 38.8 Å². The Bertz CT molecular complexity index is 1220. The quantitative estimate of drug-likeness (QED) is 0.370. The van der Waals surface area contributed by atoms with Crippen LogP contribution in [0.15, 0.2) is 82.8 Å². The minimum atomic E-state index is -4.04. The second kappa shape index (κ2) is 10.6. The zero-order valence-electron chi connectivity index (χ0n) is 18.3. The summed E-state index contributed by atoms with van der Waals surface area (Å²) in [6.45, 7) is 3.68. The van der Waals surface area contributed by atoms with Crippen LogP contribution in [0, 0.1) is 6.92 Å². The monoisotopic (exact) mass is 467 g/mol. The molecule has 33 heavy (non-hydrogen) atoms. The van der Waals surface area contributed by atoms with Crippen molar-refractivity contribution in [3.8, 4) is 11.5 Å². The standard InChI is InChI=1S/C24H25N3O5S/c1-3-32-21-12-10-20(11-13-21)27(33(30,31)22-14-8-18(2)9-15-22)17-24(29)26-25-16-19-6-4-5-7-23(19)28/h4-16,28H,3,17H2,1-2H3,(H,26,29)/b25-16-. The number of hydrazone groups is 1. The Labute approximate surface area is 193 Å². The van der Waals surface area contributed by atoms with Gasteiger partial charge in [0.1, 0.15) is 18.0 Å². The average molecular weight is 468 g/mol. The molecule has 9 heteroatoms. The minimum absolute atomic E-state index is 0.00784. The maximum Gasteiger partial charge on any atom is 0.264 e. The smallest absolute Gasteiger partial charge is 0.264 e. The normalized spacial score (nSPS) is 11.3. The predicted octanol–water partition coefficient (Wildman–Crippen LogP) is 3.44. The Hall–Kier alpha value is -3.85. The lowest BCUT2D eigenvalue weighted by Crippen LogP contribution is -2.39. The number of hydrogen-bond donors (Lipinski definition) is 2. The molecular formula is C24H25N3O5S. The lowest BCUT2D eigenvalue weighted by Gasteiger charge is -2.24. The SMILES string of the molecule is CCOc1ccc(N(CC(=O)N/N=C\c2ccccc2O)S(=O)(=O)c2ccc(C)cc2)cc1. The van der Waals surface area contributed by atoms with E-state index in [4.69, 9.17) is 4.74 Å². The maximum atomic E-state index is 13.4. The lowest BCUT2D eigenvalue weighted by molar-refractivity contribution is -0.119. The number of rotatable bonds is 9. The Kier molecular flexibility index (Phi) is 7.68. The number of anilines is 1. The van der Waals surface area contributed by atoms with Crippen molar-refractivity contribution in [2.45, 2.75) is 18.7 Å². The predicted molar refractivity (Wildman–Crippen MR) is 127 cm³/mol. The zero-order valence-corrected chi connectivity index (χ0v) is 19.1. The number of nitrogens with zero attached hydrogens (tertiary/aromatic N) is 2. The number of aryl methyl sites for hydroxylation is 1. The summed E-state index contributed by atoms with van der Waals surface area (Å²) < 4.78 is 33.2. The second-order valence-electron chi connectivity index (χ2n) is 7.10. The highest BCUT2D eigenvalue weighted by Gasteiger charge is 2.27. The molecule has 0 bridgehead atoms. The van der Waals surface area contributed by atoms with Crippen molar-refractivity contribution in [2.75, 3.05) is 17.5 Å². The number of hydrogen-bond acceptors (Lipinski definition) is 6. The van der Waals surface area contributed by atoms with Crippen LogP contribution >= 0.6 is 0 Å². The van der Waals surface area contributed by atoms with Gasteiger partial charge in [-0.1, -0.05) is 29.8 Å². The molecule has 0 spiro atoms. The molecule has 0 atom stereocenters. The van der Waals surface area contributed by atoms with E-state index >= 15 is 0 Å². The van der Waals surface area contributed by atoms with Gasteiger partial charge >= 0.3 is 0 Å². The maximum absolute atomic E-state index is 13.4. The van der Waals surface area contributed by atoms with E-state index in [9.17, 15) is 18.3 Å². The third-order valence-electron chi connectivity index (χ3n) is 4.66. The molecule has 3 rings (SSSR count). The van der Waals surface area contributed by atoms with Gasteiger partial charge in [-0.3, -0.25) is 9.10 Å². The zero-order chi connectivity index (χ0) is 23.8. The Morgan fingerprint density at radius 2 is 1.73 bits per heavy atom. The number of aromatic hydroxyl groups is 1. The first-order valence-corrected chi connectivity index (χ1v) is 11.7. The molecule has 0 unspecified atom stereocenters. The number of ether oxygens (including phenoxy) is 1. The van der Waals surface area contributed by atoms with Gasteiger partial charge in [0.2, 0.25) is 0 Å². The number of phenolic OH excluding ortho intramolecular Hbond substituents is 1. The van der Waals surface area contributed by atoms with Gasteiger partial charge in [0.05, 0.1) is 23.4 Å². The summed E-state index contributed by atoms with van der Waals surface area (Å²) in [5, 5.41) is 13.6. The molecule has 2 N–H and O–H groups in total. The summed E-state index contributed by atoms with van der Waals surface area (Å²) >= 11 is 0. The Morgan fingerprint density at radius 1 is 1.06 bits per heavy atom. The van der Waals surface area contributed by atoms with Gasteiger partial charge in [-0.2, -0.15) is 5.10 Å². The van der Waals surface area contributed by atoms with Crippen LogP contribution in [0.4, 0.5) is 5.69 Å². The molecule has 0 aliphatic heterocycles. The van der Waals surface area contributed by atoms with Crippen molar-refractivity contribution >= 4 is 27.8 Å². The molecule has 0 heterocycles. The van der Waals surface area contributed by atoms with Crippen molar-refractivity contribution in [1.82, 2.24) is 5.43 Å². The second-order valence-corrected chi connectivity index (χ2v) is 8.97. The summed E-state index contributed by atoms with van der Waals surface area (Å²) in [5.41, 5.74) is 3.94. The molecule has 0 saturated carbocycles. The molecule has 1 amide bonds. The van der Waals surface area contributed by atoms with Gasteiger partial charge in [-0.05, 0) is 62.4 Å². The van der Waals surface area contributed by atoms with Gasteiger partial charge in [0, 0.05) is 5.56 Å². The van der Waals surface area contributed by atoms with E-state index in [1.807, 2.05) is 13.8 Å². The summed E-state index contributed by atoms with van der Waals surface area (Å²) in [6.07, 6.45) is 1.28. The summed E-state index contributed by atoms with van der Waals surface area (Å²) in [6, 6.07) is 19.3. The first-order valence-electron chi connectivity index (χ1n) is 10.2. The molecule has 0 saturated heterocycles. The number of carbonyl (C=O) groups is 1. The third-order valence-corrected chi connectivity index (χ3v) is 6.45. The number of amides is 1. The van der Waals surface area contributed by atoms with Gasteiger partial charge in [-0.15, -0.1) is 0 Å². The Balaban J connectivity index is 1.85. The number of para-hydroxylation sites is 1. The summed E-state index contributed by atoms with van der Waals surface area (Å²) in [4.78, 5) is 12.6. The Morgan fingerprint density at radius 3 is 2.36 bits per heavy atom. The van der Waals surface area contributed by atoms with E-state index in [1.54, 1.807) is 54.6 Å². The molecule has 0 fully saturated rings. The van der Waals surface area contributed by atoms with Crippen LogP contribution < -0.4 is 14.5 Å². The van der Waals surface area contributed by atoms with E-state index in [0.29, 0.717) is 23.6 Å². The van der Waals surface area contributed by atoms with E-state index in [2.05, 4.69) is 10.5 Å². The minimum Gasteiger partial charge on any atom is -0.507 e. The summed E-state index contributed by atoms with van der Waals surface area (Å²) in [7, 11) is -4.04. The van der Waals surface area contributed by atoms with Gasteiger partial charge in [-0.25, -0.2) is 13.8 Å². The van der Waals surface area contributed by atoms with Crippen molar-refractivity contribution in [2.24, 2.45) is 5.10 Å². The molecule has 3 aromatic rings. The van der Waals surface area contributed by atoms with E-state index in [0.717, 1.165) is 9.87 Å². The molecule has 0 aliphatic carbocycles. The fourth-order valence-electron chi connectivity index (χ4n) is 2.96. The van der Waals surface area contributed by atoms with Gasteiger partial charge in [0.25, 0.3) is 15.9 Å². The lowest BCUT2D eigenvalue weighted by atomic mass is 10.2. The molecule has 3 aromatic carbocycles. The van der Waals surface area contributed by atoms with Crippen molar-refractivity contribution in [1.29, 1.82) is 0 Å². The van der Waals surface area contributed by atoms with Crippen LogP contribution in [0.1, 0.15) is 18.1 Å². The number of carbonyl (C=O) groups excluding carboxylic acids is 1. The van der Waals surface area contributed by atoms with Crippen LogP contribution in [0.25, 0.3) is 0 Å². The molecule has 172 valence electrons. The highest BCUT2D eigenvalue weighted by Crippen LogP contribution is 2.26. The van der Waals surface area contributed by atoms with Gasteiger partial charge < -0.3 is 9.84 Å². The fraction of sp³-hybridized carbons (Fsp3) is 0.167. The van der Waals surface area contributed by atoms with Crippen molar-refractivity contribution in [3.05, 3.63) is 83.9 Å². The molecule has 0 aromatic heterocycles. The number of benzene rings is 3. The first kappa shape index (κ1) is 23.8. The highest BCUT2D eigenvalue weighted by atomic mass is 32.2. The van der Waals surface area contributed by atoms with E-state index in [1.165, 1.54) is 24.4 Å². The number of phenols is 1. The molecule has 8 nitrogen and oxygen atoms in total. The van der Waals surface area contributed by atoms with Crippen LogP contribution in [0.5, 0.6) is 11.5 Å². The largest absolute Gasteiger partial charge is 0.507 e. The van der Waals surface area contributed by atoms with Crippen LogP contribution in [0.2, 0.25) is 0 Å². The van der Waals surface area contributed by atoms with Crippen LogP contribution in [-0.2, 0) is 14.8 Å². The van der Waals surface area contributed by atoms with Gasteiger partial charge in [0.15, 0.2) is 0 Å². The van der Waals surface area contributed by atoms with Crippen molar-refractivity contribution < 1.29 is 23.1 Å². The van der Waals surface area contributed by atoms with Crippen molar-refractivity contribution in [3.63, 3.8) is 0 Å². The van der Waals surface area contributed by atoms with Crippen LogP contribution in [0.3, 0.4) is 0 Å².